The van der Waals surface area contributed by atoms with Crippen LogP contribution in [0.1, 0.15) is 25.7 Å². The molecule has 0 spiro atoms. The van der Waals surface area contributed by atoms with Gasteiger partial charge in [-0.25, -0.2) is 0 Å². The average Bonchev–Trinajstić information content (AvgIpc) is 2.91. The maximum absolute atomic E-state index is 12.6. The Labute approximate surface area is 141 Å². The van der Waals surface area contributed by atoms with Crippen molar-refractivity contribution in [1.29, 1.82) is 0 Å². The lowest BCUT2D eigenvalue weighted by Crippen LogP contribution is -2.24. The van der Waals surface area contributed by atoms with Crippen LogP contribution >= 0.6 is 0 Å². The summed E-state index contributed by atoms with van der Waals surface area (Å²) in [4.78, 5) is 14.8. The molecule has 24 heavy (non-hydrogen) atoms. The van der Waals surface area contributed by atoms with E-state index in [1.807, 2.05) is 48.5 Å². The third-order valence-corrected chi connectivity index (χ3v) is 4.74. The Morgan fingerprint density at radius 2 is 1.58 bits per heavy atom. The summed E-state index contributed by atoms with van der Waals surface area (Å²) in [5.41, 5.74) is 2.77. The van der Waals surface area contributed by atoms with Crippen molar-refractivity contribution in [2.75, 3.05) is 18.0 Å². The minimum atomic E-state index is 0.0354. The van der Waals surface area contributed by atoms with E-state index < -0.39 is 0 Å². The Balaban J connectivity index is 1.88. The van der Waals surface area contributed by atoms with Gasteiger partial charge in [0.1, 0.15) is 5.58 Å². The van der Waals surface area contributed by atoms with Crippen molar-refractivity contribution in [3.63, 3.8) is 0 Å². The summed E-state index contributed by atoms with van der Waals surface area (Å²) in [5, 5.41) is 0.648. The second kappa shape index (κ2) is 6.52. The molecule has 1 fully saturated rings. The Morgan fingerprint density at radius 1 is 0.833 bits per heavy atom. The number of hydrogen-bond acceptors (Lipinski definition) is 3. The quantitative estimate of drug-likeness (QED) is 0.677. The highest BCUT2D eigenvalue weighted by Gasteiger charge is 2.16. The molecule has 0 N–H and O–H groups in total. The van der Waals surface area contributed by atoms with Gasteiger partial charge < -0.3 is 9.32 Å². The lowest BCUT2D eigenvalue weighted by molar-refractivity contribution is 0.571. The summed E-state index contributed by atoms with van der Waals surface area (Å²) in [7, 11) is 0. The Morgan fingerprint density at radius 3 is 2.33 bits per heavy atom. The van der Waals surface area contributed by atoms with E-state index in [-0.39, 0.29) is 5.43 Å². The van der Waals surface area contributed by atoms with Gasteiger partial charge in [0.05, 0.1) is 5.39 Å². The zero-order valence-electron chi connectivity index (χ0n) is 13.7. The van der Waals surface area contributed by atoms with Crippen molar-refractivity contribution in [2.45, 2.75) is 25.7 Å². The summed E-state index contributed by atoms with van der Waals surface area (Å²) in [6, 6.07) is 17.5. The normalized spacial score (nSPS) is 15.4. The molecular weight excluding hydrogens is 298 g/mol. The molecule has 3 heteroatoms. The first-order valence-corrected chi connectivity index (χ1v) is 8.70. The highest BCUT2D eigenvalue weighted by atomic mass is 16.4. The second-order valence-electron chi connectivity index (χ2n) is 6.40. The van der Waals surface area contributed by atoms with Crippen LogP contribution in [0, 0.1) is 0 Å². The largest absolute Gasteiger partial charge is 0.440 e. The van der Waals surface area contributed by atoms with Gasteiger partial charge in [-0.1, -0.05) is 55.3 Å². The van der Waals surface area contributed by atoms with Crippen LogP contribution in [-0.4, -0.2) is 13.1 Å². The highest BCUT2D eigenvalue weighted by molar-refractivity contribution is 5.92. The Hall–Kier alpha value is -2.55. The Bertz CT molecular complexity index is 891. The zero-order chi connectivity index (χ0) is 16.4. The zero-order valence-corrected chi connectivity index (χ0v) is 13.7. The maximum atomic E-state index is 12.6. The van der Waals surface area contributed by atoms with Crippen LogP contribution in [0.25, 0.3) is 22.1 Å². The third-order valence-electron chi connectivity index (χ3n) is 4.74. The van der Waals surface area contributed by atoms with Gasteiger partial charge in [0.2, 0.25) is 0 Å². The topological polar surface area (TPSA) is 33.5 Å². The molecule has 1 aliphatic rings. The second-order valence-corrected chi connectivity index (χ2v) is 6.40. The van der Waals surface area contributed by atoms with Crippen LogP contribution < -0.4 is 10.3 Å². The lowest BCUT2D eigenvalue weighted by Gasteiger charge is -2.21. The van der Waals surface area contributed by atoms with Crippen molar-refractivity contribution in [1.82, 2.24) is 0 Å². The average molecular weight is 319 g/mol. The minimum absolute atomic E-state index is 0.0354. The predicted octanol–water partition coefficient (Wildman–Crippen LogP) is 4.84. The van der Waals surface area contributed by atoms with Crippen molar-refractivity contribution in [3.8, 4) is 11.1 Å². The van der Waals surface area contributed by atoms with Crippen LogP contribution in [0.15, 0.2) is 63.8 Å². The van der Waals surface area contributed by atoms with Crippen molar-refractivity contribution >= 4 is 16.9 Å². The molecular formula is C21H21NO2. The van der Waals surface area contributed by atoms with E-state index in [9.17, 15) is 4.79 Å². The van der Waals surface area contributed by atoms with Gasteiger partial charge in [0.25, 0.3) is 0 Å². The third kappa shape index (κ3) is 2.82. The molecule has 0 unspecified atom stereocenters. The molecule has 0 amide bonds. The first kappa shape index (κ1) is 15.0. The highest BCUT2D eigenvalue weighted by Crippen LogP contribution is 2.30. The van der Waals surface area contributed by atoms with Gasteiger partial charge in [0.15, 0.2) is 11.3 Å². The molecule has 1 saturated heterocycles. The van der Waals surface area contributed by atoms with E-state index in [1.165, 1.54) is 12.8 Å². The fourth-order valence-electron chi connectivity index (χ4n) is 3.46. The molecule has 2 aromatic carbocycles. The molecule has 1 aliphatic heterocycles. The molecule has 122 valence electrons. The van der Waals surface area contributed by atoms with Gasteiger partial charge in [-0.05, 0) is 24.5 Å². The molecule has 0 bridgehead atoms. The summed E-state index contributed by atoms with van der Waals surface area (Å²) in [6.45, 7) is 1.92. The number of rotatable bonds is 2. The SMILES string of the molecule is O=c1cc(N2CCCCCC2)oc2c(-c3ccccc3)cccc12. The van der Waals surface area contributed by atoms with E-state index in [0.717, 1.165) is 37.1 Å². The molecule has 0 saturated carbocycles. The number of fused-ring (bicyclic) bond motifs is 1. The van der Waals surface area contributed by atoms with E-state index in [2.05, 4.69) is 4.90 Å². The van der Waals surface area contributed by atoms with Crippen LogP contribution in [0.5, 0.6) is 0 Å². The number of para-hydroxylation sites is 1. The van der Waals surface area contributed by atoms with Crippen molar-refractivity contribution in [3.05, 3.63) is 64.8 Å². The monoisotopic (exact) mass is 319 g/mol. The summed E-state index contributed by atoms with van der Waals surface area (Å²) in [6.07, 6.45) is 4.82. The van der Waals surface area contributed by atoms with Gasteiger partial charge in [-0.2, -0.15) is 0 Å². The summed E-state index contributed by atoms with van der Waals surface area (Å²) < 4.78 is 6.25. The van der Waals surface area contributed by atoms with Gasteiger partial charge in [-0.15, -0.1) is 0 Å². The molecule has 1 aromatic heterocycles. The molecule has 4 rings (SSSR count). The Kier molecular flexibility index (Phi) is 4.08. The van der Waals surface area contributed by atoms with Gasteiger partial charge in [-0.3, -0.25) is 4.79 Å². The fraction of sp³-hybridized carbons (Fsp3) is 0.286. The van der Waals surface area contributed by atoms with E-state index in [0.29, 0.717) is 16.9 Å². The van der Waals surface area contributed by atoms with Crippen molar-refractivity contribution in [2.24, 2.45) is 0 Å². The van der Waals surface area contributed by atoms with Crippen LogP contribution in [0.2, 0.25) is 0 Å². The minimum Gasteiger partial charge on any atom is -0.440 e. The molecule has 0 radical (unpaired) electrons. The molecule has 3 aromatic rings. The molecule has 3 nitrogen and oxygen atoms in total. The number of hydrogen-bond donors (Lipinski definition) is 0. The summed E-state index contributed by atoms with van der Waals surface area (Å²) >= 11 is 0. The van der Waals surface area contributed by atoms with Gasteiger partial charge >= 0.3 is 0 Å². The van der Waals surface area contributed by atoms with Crippen LogP contribution in [-0.2, 0) is 0 Å². The van der Waals surface area contributed by atoms with E-state index in [4.69, 9.17) is 4.42 Å². The molecule has 2 heterocycles. The van der Waals surface area contributed by atoms with Crippen molar-refractivity contribution < 1.29 is 4.42 Å². The summed E-state index contributed by atoms with van der Waals surface area (Å²) in [5.74, 6) is 0.706. The fourth-order valence-corrected chi connectivity index (χ4v) is 3.46. The van der Waals surface area contributed by atoms with E-state index >= 15 is 0 Å². The smallest absolute Gasteiger partial charge is 0.200 e. The van der Waals surface area contributed by atoms with Gasteiger partial charge in [0, 0.05) is 24.7 Å². The standard InChI is InChI=1S/C21H21NO2/c23-19-15-20(22-13-6-1-2-7-14-22)24-21-17(11-8-12-18(19)21)16-9-4-3-5-10-16/h3-5,8-12,15H,1-2,6-7,13-14H2. The van der Waals surface area contributed by atoms with E-state index in [1.54, 1.807) is 6.07 Å². The number of anilines is 1. The number of benzene rings is 2. The van der Waals surface area contributed by atoms with Crippen LogP contribution in [0.4, 0.5) is 5.88 Å². The predicted molar refractivity (Wildman–Crippen MR) is 98.6 cm³/mol. The first-order valence-electron chi connectivity index (χ1n) is 8.70. The number of nitrogens with zero attached hydrogens (tertiary/aromatic N) is 1. The first-order chi connectivity index (χ1) is 11.8. The maximum Gasteiger partial charge on any atom is 0.200 e. The van der Waals surface area contributed by atoms with Crippen LogP contribution in [0.3, 0.4) is 0 Å². The lowest BCUT2D eigenvalue weighted by atomic mass is 10.0. The molecule has 0 aliphatic carbocycles. The molecule has 0 atom stereocenters.